The summed E-state index contributed by atoms with van der Waals surface area (Å²) in [7, 11) is 5.02. The van der Waals surface area contributed by atoms with Crippen molar-refractivity contribution in [2.75, 3.05) is 14.2 Å². The van der Waals surface area contributed by atoms with Crippen molar-refractivity contribution in [3.63, 3.8) is 0 Å². The fraction of sp³-hybridized carbons (Fsp3) is 0.222. The first-order chi connectivity index (χ1) is 12.0. The second-order valence-corrected chi connectivity index (χ2v) is 5.91. The summed E-state index contributed by atoms with van der Waals surface area (Å²) < 4.78 is 12.5. The van der Waals surface area contributed by atoms with E-state index < -0.39 is 0 Å². The lowest BCUT2D eigenvalue weighted by Gasteiger charge is -2.13. The number of aryl methyl sites for hydroxylation is 1. The molecule has 0 saturated carbocycles. The van der Waals surface area contributed by atoms with Gasteiger partial charge in [-0.25, -0.2) is 4.98 Å². The molecule has 130 valence electrons. The Morgan fingerprint density at radius 3 is 2.68 bits per heavy atom. The third-order valence-corrected chi connectivity index (χ3v) is 4.31. The molecule has 3 aromatic rings. The third-order valence-electron chi connectivity index (χ3n) is 4.00. The first-order valence-electron chi connectivity index (χ1n) is 7.63. The molecule has 7 heteroatoms. The molecule has 0 saturated heterocycles. The second-order valence-electron chi connectivity index (χ2n) is 5.50. The van der Waals surface area contributed by atoms with Gasteiger partial charge in [0.05, 0.1) is 36.6 Å². The van der Waals surface area contributed by atoms with Crippen molar-refractivity contribution in [2.45, 2.75) is 6.54 Å². The van der Waals surface area contributed by atoms with Crippen LogP contribution in [0.15, 0.2) is 36.7 Å². The Kier molecular flexibility index (Phi) is 4.81. The van der Waals surface area contributed by atoms with Crippen molar-refractivity contribution in [1.29, 1.82) is 0 Å². The van der Waals surface area contributed by atoms with Crippen molar-refractivity contribution < 1.29 is 14.3 Å². The van der Waals surface area contributed by atoms with Crippen LogP contribution in [0.1, 0.15) is 15.9 Å². The molecule has 0 aliphatic rings. The molecular weight excluding hydrogens is 342 g/mol. The van der Waals surface area contributed by atoms with Crippen molar-refractivity contribution in [3.05, 3.63) is 52.8 Å². The normalized spacial score (nSPS) is 10.7. The van der Waals surface area contributed by atoms with Gasteiger partial charge in [0.25, 0.3) is 5.91 Å². The molecule has 1 heterocycles. The number of hydrogen-bond acceptors (Lipinski definition) is 4. The molecule has 1 N–H and O–H groups in total. The number of carbonyl (C=O) groups is 1. The summed E-state index contributed by atoms with van der Waals surface area (Å²) in [5.41, 5.74) is 3.11. The molecular formula is C18H18ClN3O3. The summed E-state index contributed by atoms with van der Waals surface area (Å²) in [4.78, 5) is 16.8. The zero-order chi connectivity index (χ0) is 18.0. The molecule has 0 bridgehead atoms. The number of nitrogens with one attached hydrogen (secondary N) is 1. The molecule has 0 spiro atoms. The van der Waals surface area contributed by atoms with E-state index in [1.54, 1.807) is 31.6 Å². The van der Waals surface area contributed by atoms with Gasteiger partial charge in [0, 0.05) is 24.7 Å². The van der Waals surface area contributed by atoms with Gasteiger partial charge < -0.3 is 19.4 Å². The minimum atomic E-state index is -0.226. The van der Waals surface area contributed by atoms with Crippen molar-refractivity contribution in [1.82, 2.24) is 14.9 Å². The van der Waals surface area contributed by atoms with Crippen LogP contribution < -0.4 is 14.8 Å². The highest BCUT2D eigenvalue weighted by Crippen LogP contribution is 2.28. The molecule has 25 heavy (non-hydrogen) atoms. The number of nitrogens with zero attached hydrogens (tertiary/aromatic N) is 2. The molecule has 3 rings (SSSR count). The molecule has 0 fully saturated rings. The predicted molar refractivity (Wildman–Crippen MR) is 96.4 cm³/mol. The van der Waals surface area contributed by atoms with E-state index in [-0.39, 0.29) is 5.91 Å². The number of benzene rings is 2. The second kappa shape index (κ2) is 7.03. The standard InChI is InChI=1S/C18H18ClN3O3/c1-22-10-21-14-6-7-15(24-2)12(17(14)22)9-20-18(23)11-4-5-13(19)16(8-11)25-3/h4-8,10H,9H2,1-3H3,(H,20,23). The lowest BCUT2D eigenvalue weighted by molar-refractivity contribution is 0.0950. The number of methoxy groups -OCH3 is 2. The maximum Gasteiger partial charge on any atom is 0.251 e. The van der Waals surface area contributed by atoms with Gasteiger partial charge in [0.1, 0.15) is 11.5 Å². The number of imidazole rings is 1. The summed E-state index contributed by atoms with van der Waals surface area (Å²) in [6.07, 6.45) is 1.74. The number of fused-ring (bicyclic) bond motifs is 1. The minimum absolute atomic E-state index is 0.226. The van der Waals surface area contributed by atoms with Gasteiger partial charge in [-0.1, -0.05) is 11.6 Å². The minimum Gasteiger partial charge on any atom is -0.496 e. The monoisotopic (exact) mass is 359 g/mol. The Bertz CT molecular complexity index is 937. The van der Waals surface area contributed by atoms with E-state index in [4.69, 9.17) is 21.1 Å². The molecule has 6 nitrogen and oxygen atoms in total. The highest BCUT2D eigenvalue weighted by Gasteiger charge is 2.15. The lowest BCUT2D eigenvalue weighted by Crippen LogP contribution is -2.23. The van der Waals surface area contributed by atoms with Gasteiger partial charge in [-0.15, -0.1) is 0 Å². The van der Waals surface area contributed by atoms with Gasteiger partial charge in [-0.3, -0.25) is 4.79 Å². The van der Waals surface area contributed by atoms with E-state index in [0.717, 1.165) is 16.6 Å². The highest BCUT2D eigenvalue weighted by molar-refractivity contribution is 6.32. The van der Waals surface area contributed by atoms with Crippen LogP contribution in [0.25, 0.3) is 11.0 Å². The van der Waals surface area contributed by atoms with E-state index in [9.17, 15) is 4.79 Å². The topological polar surface area (TPSA) is 65.4 Å². The van der Waals surface area contributed by atoms with Crippen LogP contribution in [0, 0.1) is 0 Å². The Labute approximate surface area is 150 Å². The van der Waals surface area contributed by atoms with Crippen LogP contribution in [-0.2, 0) is 13.6 Å². The van der Waals surface area contributed by atoms with Gasteiger partial charge in [-0.05, 0) is 30.3 Å². The van der Waals surface area contributed by atoms with Crippen molar-refractivity contribution in [3.8, 4) is 11.5 Å². The fourth-order valence-electron chi connectivity index (χ4n) is 2.74. The smallest absolute Gasteiger partial charge is 0.251 e. The fourth-order valence-corrected chi connectivity index (χ4v) is 2.94. The van der Waals surface area contributed by atoms with Crippen molar-refractivity contribution >= 4 is 28.5 Å². The number of hydrogen-bond donors (Lipinski definition) is 1. The Hall–Kier alpha value is -2.73. The van der Waals surface area contributed by atoms with Crippen LogP contribution in [0.4, 0.5) is 0 Å². The molecule has 2 aromatic carbocycles. The summed E-state index contributed by atoms with van der Waals surface area (Å²) in [5, 5.41) is 3.37. The lowest BCUT2D eigenvalue weighted by atomic mass is 10.1. The van der Waals surface area contributed by atoms with Crippen molar-refractivity contribution in [2.24, 2.45) is 7.05 Å². The summed E-state index contributed by atoms with van der Waals surface area (Å²) >= 11 is 6.00. The Morgan fingerprint density at radius 2 is 1.96 bits per heavy atom. The average molecular weight is 360 g/mol. The number of rotatable bonds is 5. The zero-order valence-electron chi connectivity index (χ0n) is 14.2. The van der Waals surface area contributed by atoms with Gasteiger partial charge in [0.15, 0.2) is 0 Å². The number of amides is 1. The number of ether oxygens (including phenoxy) is 2. The maximum absolute atomic E-state index is 12.5. The van der Waals surface area contributed by atoms with E-state index in [1.807, 2.05) is 23.7 Å². The predicted octanol–water partition coefficient (Wildman–Crippen LogP) is 3.17. The van der Waals surface area contributed by atoms with Crippen LogP contribution in [-0.4, -0.2) is 29.7 Å². The van der Waals surface area contributed by atoms with Crippen LogP contribution in [0.5, 0.6) is 11.5 Å². The van der Waals surface area contributed by atoms with Gasteiger partial charge in [-0.2, -0.15) is 0 Å². The maximum atomic E-state index is 12.5. The first-order valence-corrected chi connectivity index (χ1v) is 8.01. The third kappa shape index (κ3) is 3.25. The van der Waals surface area contributed by atoms with E-state index in [0.29, 0.717) is 28.6 Å². The largest absolute Gasteiger partial charge is 0.496 e. The van der Waals surface area contributed by atoms with Gasteiger partial charge >= 0.3 is 0 Å². The van der Waals surface area contributed by atoms with Gasteiger partial charge in [0.2, 0.25) is 0 Å². The molecule has 0 unspecified atom stereocenters. The SMILES string of the molecule is COc1cc(C(=O)NCc2c(OC)ccc3ncn(C)c23)ccc1Cl. The number of halogens is 1. The summed E-state index contributed by atoms with van der Waals surface area (Å²) in [6, 6.07) is 8.64. The molecule has 0 radical (unpaired) electrons. The van der Waals surface area contributed by atoms with Crippen LogP contribution >= 0.6 is 11.6 Å². The van der Waals surface area contributed by atoms with E-state index in [1.165, 1.54) is 7.11 Å². The Morgan fingerprint density at radius 1 is 1.20 bits per heavy atom. The van der Waals surface area contributed by atoms with Crippen LogP contribution in [0.2, 0.25) is 5.02 Å². The number of aromatic nitrogens is 2. The van der Waals surface area contributed by atoms with E-state index >= 15 is 0 Å². The average Bonchev–Trinajstić information content (AvgIpc) is 3.01. The molecule has 1 aromatic heterocycles. The molecule has 0 aliphatic carbocycles. The quantitative estimate of drug-likeness (QED) is 0.760. The molecule has 0 atom stereocenters. The number of carbonyl (C=O) groups excluding carboxylic acids is 1. The summed E-state index contributed by atoms with van der Waals surface area (Å²) in [5.74, 6) is 0.932. The highest BCUT2D eigenvalue weighted by atomic mass is 35.5. The molecule has 1 amide bonds. The first kappa shape index (κ1) is 17.1. The summed E-state index contributed by atoms with van der Waals surface area (Å²) in [6.45, 7) is 0.309. The Balaban J connectivity index is 1.87. The van der Waals surface area contributed by atoms with E-state index in [2.05, 4.69) is 10.3 Å². The molecule has 0 aliphatic heterocycles. The van der Waals surface area contributed by atoms with Crippen LogP contribution in [0.3, 0.4) is 0 Å². The zero-order valence-corrected chi connectivity index (χ0v) is 14.9.